The van der Waals surface area contributed by atoms with Gasteiger partial charge in [-0.25, -0.2) is 14.8 Å². The van der Waals surface area contributed by atoms with Gasteiger partial charge in [0, 0.05) is 12.1 Å². The Labute approximate surface area is 119 Å². The molecule has 20 heavy (non-hydrogen) atoms. The summed E-state index contributed by atoms with van der Waals surface area (Å²) in [5, 5.41) is 2.18. The first kappa shape index (κ1) is 14.6. The van der Waals surface area contributed by atoms with E-state index in [0.29, 0.717) is 29.2 Å². The average Bonchev–Trinajstić information content (AvgIpc) is 2.44. The molecule has 1 fully saturated rings. The summed E-state index contributed by atoms with van der Waals surface area (Å²) in [6.45, 7) is 4.36. The summed E-state index contributed by atoms with van der Waals surface area (Å²) in [5.74, 6) is 0.160. The monoisotopic (exact) mass is 278 g/mol. The molecule has 2 rings (SSSR count). The molecule has 1 aromatic rings. The number of pyridine rings is 1. The van der Waals surface area contributed by atoms with Crippen molar-refractivity contribution in [3.05, 3.63) is 17.8 Å². The van der Waals surface area contributed by atoms with Gasteiger partial charge in [0.2, 0.25) is 0 Å². The number of nitrogens with two attached hydrogens (primary N) is 1. The lowest BCUT2D eigenvalue weighted by Crippen LogP contribution is -2.47. The highest BCUT2D eigenvalue weighted by molar-refractivity contribution is 5.95. The number of anilines is 2. The van der Waals surface area contributed by atoms with Gasteiger partial charge in [0.1, 0.15) is 5.82 Å². The van der Waals surface area contributed by atoms with Gasteiger partial charge in [-0.15, -0.1) is 0 Å². The zero-order chi connectivity index (χ0) is 14.7. The molecular formula is C14H22N4O2. The maximum atomic E-state index is 11.6. The number of nitrogens with one attached hydrogen (secondary N) is 1. The fourth-order valence-electron chi connectivity index (χ4n) is 2.59. The Morgan fingerprint density at radius 2 is 2.10 bits per heavy atom. The van der Waals surface area contributed by atoms with Gasteiger partial charge in [-0.2, -0.15) is 0 Å². The number of esters is 1. The molecule has 110 valence electrons. The summed E-state index contributed by atoms with van der Waals surface area (Å²) < 4.78 is 4.72. The molecule has 0 radical (unpaired) electrons. The van der Waals surface area contributed by atoms with Crippen molar-refractivity contribution >= 4 is 17.5 Å². The van der Waals surface area contributed by atoms with Crippen LogP contribution in [0.4, 0.5) is 11.5 Å². The van der Waals surface area contributed by atoms with Crippen molar-refractivity contribution < 1.29 is 9.53 Å². The fraction of sp³-hybridized carbons (Fsp3) is 0.571. The zero-order valence-corrected chi connectivity index (χ0v) is 12.2. The van der Waals surface area contributed by atoms with Crippen LogP contribution in [0, 0.1) is 0 Å². The maximum absolute atomic E-state index is 11.6. The largest absolute Gasteiger partial charge is 0.465 e. The highest BCUT2D eigenvalue weighted by Gasteiger charge is 2.25. The van der Waals surface area contributed by atoms with E-state index in [-0.39, 0.29) is 0 Å². The van der Waals surface area contributed by atoms with Crippen molar-refractivity contribution in [3.63, 3.8) is 0 Å². The summed E-state index contributed by atoms with van der Waals surface area (Å²) in [5.41, 5.74) is 9.69. The van der Waals surface area contributed by atoms with Crippen molar-refractivity contribution in [3.8, 4) is 0 Å². The molecule has 0 spiro atoms. The van der Waals surface area contributed by atoms with Crippen molar-refractivity contribution in [2.75, 3.05) is 18.3 Å². The molecule has 3 N–H and O–H groups in total. The summed E-state index contributed by atoms with van der Waals surface area (Å²) in [6, 6.07) is 2.49. The smallest absolute Gasteiger partial charge is 0.340 e. The van der Waals surface area contributed by atoms with E-state index in [0.717, 1.165) is 12.8 Å². The van der Waals surface area contributed by atoms with Crippen LogP contribution in [-0.4, -0.2) is 35.2 Å². The normalized spacial score (nSPS) is 23.4. The van der Waals surface area contributed by atoms with Crippen LogP contribution in [0.15, 0.2) is 12.3 Å². The third-order valence-corrected chi connectivity index (χ3v) is 3.78. The first-order valence-corrected chi connectivity index (χ1v) is 6.91. The predicted octanol–water partition coefficient (Wildman–Crippen LogP) is 2.04. The number of aromatic nitrogens is 1. The summed E-state index contributed by atoms with van der Waals surface area (Å²) in [4.78, 5) is 15.9. The van der Waals surface area contributed by atoms with Gasteiger partial charge in [0.25, 0.3) is 0 Å². The molecular weight excluding hydrogens is 256 g/mol. The molecule has 0 aromatic carbocycles. The molecule has 1 aromatic heterocycles. The Morgan fingerprint density at radius 1 is 1.45 bits per heavy atom. The Morgan fingerprint density at radius 3 is 2.70 bits per heavy atom. The van der Waals surface area contributed by atoms with Gasteiger partial charge in [-0.1, -0.05) is 6.42 Å². The molecule has 0 aliphatic carbocycles. The van der Waals surface area contributed by atoms with E-state index in [1.54, 1.807) is 6.07 Å². The van der Waals surface area contributed by atoms with E-state index < -0.39 is 5.97 Å². The van der Waals surface area contributed by atoms with Crippen molar-refractivity contribution in [2.45, 2.75) is 45.2 Å². The Kier molecular flexibility index (Phi) is 4.44. The van der Waals surface area contributed by atoms with Gasteiger partial charge in [0.05, 0.1) is 24.6 Å². The van der Waals surface area contributed by atoms with E-state index >= 15 is 0 Å². The molecule has 2 atom stereocenters. The zero-order valence-electron chi connectivity index (χ0n) is 12.2. The number of ether oxygens (including phenoxy) is 1. The van der Waals surface area contributed by atoms with Crippen LogP contribution in [0.5, 0.6) is 0 Å². The van der Waals surface area contributed by atoms with Crippen LogP contribution in [0.25, 0.3) is 0 Å². The lowest BCUT2D eigenvalue weighted by atomic mass is 10.00. The number of hydrogen-bond acceptors (Lipinski definition) is 6. The molecule has 6 nitrogen and oxygen atoms in total. The highest BCUT2D eigenvalue weighted by Crippen LogP contribution is 2.24. The minimum atomic E-state index is -0.451. The molecule has 6 heteroatoms. The molecule has 0 bridgehead atoms. The lowest BCUT2D eigenvalue weighted by molar-refractivity contribution is 0.0602. The van der Waals surface area contributed by atoms with E-state index in [9.17, 15) is 4.79 Å². The number of hydrogen-bond donors (Lipinski definition) is 2. The van der Waals surface area contributed by atoms with Gasteiger partial charge in [-0.3, -0.25) is 0 Å². The Bertz CT molecular complexity index is 482. The second kappa shape index (κ2) is 6.09. The number of nitrogens with zero attached hydrogens (tertiary/aromatic N) is 2. The lowest BCUT2D eigenvalue weighted by Gasteiger charge is -2.39. The summed E-state index contributed by atoms with van der Waals surface area (Å²) >= 11 is 0. The van der Waals surface area contributed by atoms with Crippen LogP contribution in [0.2, 0.25) is 0 Å². The van der Waals surface area contributed by atoms with Crippen molar-refractivity contribution in [1.82, 2.24) is 9.99 Å². The van der Waals surface area contributed by atoms with E-state index in [1.165, 1.54) is 19.7 Å². The molecule has 2 heterocycles. The summed E-state index contributed by atoms with van der Waals surface area (Å²) in [7, 11) is 1.34. The number of carbonyl (C=O) groups is 1. The minimum Gasteiger partial charge on any atom is -0.465 e. The molecule has 0 amide bonds. The quantitative estimate of drug-likeness (QED) is 0.824. The first-order valence-electron chi connectivity index (χ1n) is 6.91. The number of piperidine rings is 1. The molecule has 1 saturated heterocycles. The Hall–Kier alpha value is -1.82. The van der Waals surface area contributed by atoms with Gasteiger partial charge < -0.3 is 15.9 Å². The van der Waals surface area contributed by atoms with Crippen LogP contribution < -0.4 is 11.2 Å². The van der Waals surface area contributed by atoms with Crippen molar-refractivity contribution in [2.24, 2.45) is 0 Å². The topological polar surface area (TPSA) is 80.5 Å². The first-order chi connectivity index (χ1) is 9.52. The van der Waals surface area contributed by atoms with Crippen LogP contribution in [-0.2, 0) is 4.74 Å². The summed E-state index contributed by atoms with van der Waals surface area (Å²) in [6.07, 6.45) is 5.02. The van der Waals surface area contributed by atoms with Gasteiger partial charge >= 0.3 is 5.97 Å². The van der Waals surface area contributed by atoms with Crippen molar-refractivity contribution in [1.29, 1.82) is 0 Å². The average molecular weight is 278 g/mol. The second-order valence-corrected chi connectivity index (χ2v) is 5.30. The molecule has 1 aliphatic rings. The van der Waals surface area contributed by atoms with Crippen LogP contribution >= 0.6 is 0 Å². The second-order valence-electron chi connectivity index (χ2n) is 5.30. The standard InChI is InChI=1S/C14H22N4O2/c1-9-5-4-6-10(2)18(9)17-13-7-11(14(19)20-3)12(15)8-16-13/h7-10H,4-6,15H2,1-3H3,(H,16,17). The molecule has 1 aliphatic heterocycles. The highest BCUT2D eigenvalue weighted by atomic mass is 16.5. The van der Waals surface area contributed by atoms with Crippen LogP contribution in [0.1, 0.15) is 43.5 Å². The van der Waals surface area contributed by atoms with E-state index in [4.69, 9.17) is 10.5 Å². The maximum Gasteiger partial charge on any atom is 0.340 e. The number of methoxy groups -OCH3 is 1. The SMILES string of the molecule is COC(=O)c1cc(NN2C(C)CCCC2C)ncc1N. The number of carbonyl (C=O) groups excluding carboxylic acids is 1. The number of hydrazine groups is 1. The third-order valence-electron chi connectivity index (χ3n) is 3.78. The fourth-order valence-corrected chi connectivity index (χ4v) is 2.59. The molecule has 2 unspecified atom stereocenters. The van der Waals surface area contributed by atoms with E-state index in [2.05, 4.69) is 29.3 Å². The molecule has 0 saturated carbocycles. The van der Waals surface area contributed by atoms with Gasteiger partial charge in [-0.05, 0) is 32.8 Å². The van der Waals surface area contributed by atoms with Crippen LogP contribution in [0.3, 0.4) is 0 Å². The van der Waals surface area contributed by atoms with E-state index in [1.807, 2.05) is 0 Å². The van der Waals surface area contributed by atoms with Gasteiger partial charge in [0.15, 0.2) is 0 Å². The minimum absolute atomic E-state index is 0.321. The number of nitrogen functional groups attached to an aromatic ring is 1. The third kappa shape index (κ3) is 3.01. The number of rotatable bonds is 3. The predicted molar refractivity (Wildman–Crippen MR) is 78.2 cm³/mol. The Balaban J connectivity index is 2.19.